The molecule has 7 nitrogen and oxygen atoms in total. The van der Waals surface area contributed by atoms with Crippen LogP contribution in [0, 0.1) is 11.8 Å². The average molecular weight is 328 g/mol. The van der Waals surface area contributed by atoms with Crippen molar-refractivity contribution in [2.75, 3.05) is 17.7 Å². The maximum absolute atomic E-state index is 12.4. The molecule has 126 valence electrons. The summed E-state index contributed by atoms with van der Waals surface area (Å²) in [5.41, 5.74) is 5.73. The first kappa shape index (κ1) is 16.0. The number of H-pyrrole nitrogens is 1. The number of carbonyl (C=O) groups excluding carboxylic acids is 1. The molecule has 1 aromatic heterocycles. The Morgan fingerprint density at radius 3 is 2.54 bits per heavy atom. The summed E-state index contributed by atoms with van der Waals surface area (Å²) in [6.07, 6.45) is 0.810. The molecule has 0 bridgehead atoms. The zero-order valence-electron chi connectivity index (χ0n) is 13.7. The van der Waals surface area contributed by atoms with Crippen molar-refractivity contribution in [2.45, 2.75) is 19.9 Å². The molecule has 1 aromatic carbocycles. The Kier molecular flexibility index (Phi) is 4.01. The minimum absolute atomic E-state index is 0.00300. The average Bonchev–Trinajstić information content (AvgIpc) is 3.28. The number of hydrogen-bond donors (Lipinski definition) is 2. The van der Waals surface area contributed by atoms with E-state index < -0.39 is 11.2 Å². The summed E-state index contributed by atoms with van der Waals surface area (Å²) in [4.78, 5) is 40.3. The number of aromatic nitrogens is 2. The van der Waals surface area contributed by atoms with Crippen LogP contribution < -0.4 is 21.9 Å². The fraction of sp³-hybridized carbons (Fsp3) is 0.353. The topological polar surface area (TPSA) is 101 Å². The summed E-state index contributed by atoms with van der Waals surface area (Å²) in [5.74, 6) is 0.0835. The largest absolute Gasteiger partial charge is 0.383 e. The lowest BCUT2D eigenvalue weighted by molar-refractivity contribution is -0.119. The quantitative estimate of drug-likeness (QED) is 0.866. The van der Waals surface area contributed by atoms with Gasteiger partial charge in [0.15, 0.2) is 5.69 Å². The first-order chi connectivity index (χ1) is 11.4. The van der Waals surface area contributed by atoms with Gasteiger partial charge in [-0.15, -0.1) is 0 Å². The van der Waals surface area contributed by atoms with E-state index in [2.05, 4.69) is 4.98 Å². The van der Waals surface area contributed by atoms with Crippen molar-refractivity contribution in [2.24, 2.45) is 11.8 Å². The molecule has 24 heavy (non-hydrogen) atoms. The lowest BCUT2D eigenvalue weighted by Crippen LogP contribution is -2.40. The van der Waals surface area contributed by atoms with Gasteiger partial charge < -0.3 is 10.6 Å². The molecule has 1 fully saturated rings. The number of anilines is 2. The fourth-order valence-electron chi connectivity index (χ4n) is 2.85. The highest BCUT2D eigenvalue weighted by Gasteiger charge is 2.41. The SMILES string of the molecule is CC1CC1C(=O)N(C)c1c(N)n(Cc2ccccc2)c(=O)[nH]c1=O. The van der Waals surface area contributed by atoms with Crippen LogP contribution in [-0.4, -0.2) is 22.5 Å². The van der Waals surface area contributed by atoms with Crippen LogP contribution in [0.25, 0.3) is 0 Å². The van der Waals surface area contributed by atoms with Crippen LogP contribution in [0.2, 0.25) is 0 Å². The fourth-order valence-corrected chi connectivity index (χ4v) is 2.85. The van der Waals surface area contributed by atoms with E-state index in [9.17, 15) is 14.4 Å². The van der Waals surface area contributed by atoms with Gasteiger partial charge in [-0.25, -0.2) is 4.79 Å². The molecular weight excluding hydrogens is 308 g/mol. The van der Waals surface area contributed by atoms with Crippen molar-refractivity contribution in [3.63, 3.8) is 0 Å². The van der Waals surface area contributed by atoms with E-state index in [1.54, 1.807) is 0 Å². The van der Waals surface area contributed by atoms with Gasteiger partial charge >= 0.3 is 5.69 Å². The summed E-state index contributed by atoms with van der Waals surface area (Å²) in [5, 5.41) is 0. The molecule has 1 aliphatic carbocycles. The summed E-state index contributed by atoms with van der Waals surface area (Å²) in [7, 11) is 1.52. The summed E-state index contributed by atoms with van der Waals surface area (Å²) < 4.78 is 1.27. The molecule has 0 aliphatic heterocycles. The zero-order valence-corrected chi connectivity index (χ0v) is 13.7. The number of nitrogens with two attached hydrogens (primary N) is 1. The van der Waals surface area contributed by atoms with Gasteiger partial charge in [-0.05, 0) is 17.9 Å². The number of nitrogen functional groups attached to an aromatic ring is 1. The monoisotopic (exact) mass is 328 g/mol. The van der Waals surface area contributed by atoms with Gasteiger partial charge in [-0.3, -0.25) is 19.1 Å². The lowest BCUT2D eigenvalue weighted by Gasteiger charge is -2.20. The van der Waals surface area contributed by atoms with E-state index in [-0.39, 0.29) is 29.9 Å². The first-order valence-corrected chi connectivity index (χ1v) is 7.84. The Morgan fingerprint density at radius 1 is 1.33 bits per heavy atom. The molecule has 3 N–H and O–H groups in total. The smallest absolute Gasteiger partial charge is 0.330 e. The molecule has 7 heteroatoms. The van der Waals surface area contributed by atoms with Crippen molar-refractivity contribution < 1.29 is 4.79 Å². The number of nitrogens with zero attached hydrogens (tertiary/aromatic N) is 2. The molecule has 2 atom stereocenters. The highest BCUT2D eigenvalue weighted by atomic mass is 16.2. The van der Waals surface area contributed by atoms with Crippen LogP contribution in [0.4, 0.5) is 11.5 Å². The number of aromatic amines is 1. The number of nitrogens with one attached hydrogen (secondary N) is 1. The summed E-state index contributed by atoms with van der Waals surface area (Å²) in [6.45, 7) is 2.21. The van der Waals surface area contributed by atoms with Crippen molar-refractivity contribution >= 4 is 17.4 Å². The molecule has 0 saturated heterocycles. The predicted octanol–water partition coefficient (Wildman–Crippen LogP) is 0.786. The minimum atomic E-state index is -0.647. The molecule has 0 spiro atoms. The van der Waals surface area contributed by atoms with Crippen LogP contribution in [0.1, 0.15) is 18.9 Å². The molecule has 1 heterocycles. The Balaban J connectivity index is 2.01. The van der Waals surface area contributed by atoms with E-state index >= 15 is 0 Å². The lowest BCUT2D eigenvalue weighted by atomic mass is 10.2. The van der Waals surface area contributed by atoms with Gasteiger partial charge in [0.05, 0.1) is 6.54 Å². The Labute approximate surface area is 138 Å². The second-order valence-corrected chi connectivity index (χ2v) is 6.28. The second kappa shape index (κ2) is 5.99. The standard InChI is InChI=1S/C17H20N4O3/c1-10-8-12(10)16(23)20(2)13-14(18)21(17(24)19-15(13)22)9-11-6-4-3-5-7-11/h3-7,10,12H,8-9,18H2,1-2H3,(H,19,22,24). The third kappa shape index (κ3) is 2.84. The van der Waals surface area contributed by atoms with Gasteiger partial charge in [0, 0.05) is 13.0 Å². The zero-order chi connectivity index (χ0) is 17.4. The van der Waals surface area contributed by atoms with Crippen molar-refractivity contribution in [3.05, 3.63) is 56.7 Å². The van der Waals surface area contributed by atoms with Gasteiger partial charge in [0.1, 0.15) is 5.82 Å². The number of rotatable bonds is 4. The molecule has 1 saturated carbocycles. The maximum atomic E-state index is 12.4. The predicted molar refractivity (Wildman–Crippen MR) is 92.0 cm³/mol. The van der Waals surface area contributed by atoms with Crippen molar-refractivity contribution in [3.8, 4) is 0 Å². The minimum Gasteiger partial charge on any atom is -0.383 e. The molecule has 3 rings (SSSR count). The van der Waals surface area contributed by atoms with Crippen LogP contribution in [-0.2, 0) is 11.3 Å². The Bertz CT molecular complexity index is 885. The Morgan fingerprint density at radius 2 is 1.96 bits per heavy atom. The van der Waals surface area contributed by atoms with Crippen LogP contribution in [0.15, 0.2) is 39.9 Å². The van der Waals surface area contributed by atoms with E-state index in [0.29, 0.717) is 5.92 Å². The summed E-state index contributed by atoms with van der Waals surface area (Å²) in [6, 6.07) is 9.30. The molecule has 1 amide bonds. The number of carbonyl (C=O) groups is 1. The van der Waals surface area contributed by atoms with Crippen molar-refractivity contribution in [1.82, 2.24) is 9.55 Å². The molecule has 2 aromatic rings. The van der Waals surface area contributed by atoms with Gasteiger partial charge in [0.25, 0.3) is 5.56 Å². The number of benzene rings is 1. The van der Waals surface area contributed by atoms with Crippen LogP contribution in [0.5, 0.6) is 0 Å². The first-order valence-electron chi connectivity index (χ1n) is 7.84. The van der Waals surface area contributed by atoms with Crippen molar-refractivity contribution in [1.29, 1.82) is 0 Å². The van der Waals surface area contributed by atoms with Gasteiger partial charge in [0.2, 0.25) is 5.91 Å². The second-order valence-electron chi connectivity index (χ2n) is 6.28. The maximum Gasteiger partial charge on any atom is 0.330 e. The third-order valence-electron chi connectivity index (χ3n) is 4.49. The van der Waals surface area contributed by atoms with Gasteiger partial charge in [-0.2, -0.15) is 0 Å². The van der Waals surface area contributed by atoms with E-state index in [0.717, 1.165) is 12.0 Å². The van der Waals surface area contributed by atoms with Crippen LogP contribution in [0.3, 0.4) is 0 Å². The number of hydrogen-bond acceptors (Lipinski definition) is 4. The molecular formula is C17H20N4O3. The van der Waals surface area contributed by atoms with E-state index in [4.69, 9.17) is 5.73 Å². The van der Waals surface area contributed by atoms with E-state index in [1.807, 2.05) is 37.3 Å². The van der Waals surface area contributed by atoms with E-state index in [1.165, 1.54) is 16.5 Å². The third-order valence-corrected chi connectivity index (χ3v) is 4.49. The molecule has 1 aliphatic rings. The normalized spacial score (nSPS) is 19.1. The molecule has 2 unspecified atom stereocenters. The summed E-state index contributed by atoms with van der Waals surface area (Å²) >= 11 is 0. The highest BCUT2D eigenvalue weighted by Crippen LogP contribution is 2.39. The molecule has 0 radical (unpaired) electrons. The highest BCUT2D eigenvalue weighted by molar-refractivity contribution is 5.98. The Hall–Kier alpha value is -2.83. The van der Waals surface area contributed by atoms with Crippen LogP contribution >= 0.6 is 0 Å². The number of amides is 1. The van der Waals surface area contributed by atoms with Gasteiger partial charge in [-0.1, -0.05) is 37.3 Å².